The van der Waals surface area contributed by atoms with Crippen molar-refractivity contribution >= 4 is 27.3 Å². The van der Waals surface area contributed by atoms with Crippen LogP contribution in [0.15, 0.2) is 16.6 Å². The van der Waals surface area contributed by atoms with Gasteiger partial charge in [-0.1, -0.05) is 0 Å². The maximum atomic E-state index is 9.07. The second kappa shape index (κ2) is 5.93. The molecule has 0 aliphatic carbocycles. The Bertz CT molecular complexity index is 421. The standard InChI is InChI=1S/C14H21BrN2O/c1-10-7-14(12(15)8-13(10)16)17-5-2-3-11(9-17)4-6-18/h7-8,11,18H,2-6,9,16H2,1H3. The van der Waals surface area contributed by atoms with Crippen molar-refractivity contribution in [2.45, 2.75) is 26.2 Å². The summed E-state index contributed by atoms with van der Waals surface area (Å²) in [5.74, 6) is 0.605. The molecule has 1 heterocycles. The molecule has 0 amide bonds. The largest absolute Gasteiger partial charge is 0.398 e. The van der Waals surface area contributed by atoms with Crippen molar-refractivity contribution in [1.29, 1.82) is 0 Å². The number of anilines is 2. The minimum atomic E-state index is 0.292. The summed E-state index contributed by atoms with van der Waals surface area (Å²) in [6.07, 6.45) is 3.32. The molecule has 100 valence electrons. The van der Waals surface area contributed by atoms with Gasteiger partial charge in [-0.25, -0.2) is 0 Å². The van der Waals surface area contributed by atoms with E-state index in [0.29, 0.717) is 12.5 Å². The predicted octanol–water partition coefficient (Wildman–Crippen LogP) is 2.94. The van der Waals surface area contributed by atoms with E-state index in [1.165, 1.54) is 18.5 Å². The summed E-state index contributed by atoms with van der Waals surface area (Å²) in [4.78, 5) is 2.40. The van der Waals surface area contributed by atoms with Crippen LogP contribution in [0.2, 0.25) is 0 Å². The summed E-state index contributed by atoms with van der Waals surface area (Å²) < 4.78 is 1.07. The summed E-state index contributed by atoms with van der Waals surface area (Å²) >= 11 is 3.60. The normalized spacial score (nSPS) is 20.2. The van der Waals surface area contributed by atoms with Crippen molar-refractivity contribution in [2.75, 3.05) is 30.3 Å². The lowest BCUT2D eigenvalue weighted by Crippen LogP contribution is -2.36. The van der Waals surface area contributed by atoms with Crippen molar-refractivity contribution in [3.63, 3.8) is 0 Å². The molecule has 1 aliphatic heterocycles. The monoisotopic (exact) mass is 312 g/mol. The lowest BCUT2D eigenvalue weighted by atomic mass is 9.94. The zero-order valence-corrected chi connectivity index (χ0v) is 12.4. The molecule has 0 bridgehead atoms. The Hall–Kier alpha value is -0.740. The molecular formula is C14H21BrN2O. The van der Waals surface area contributed by atoms with Crippen LogP contribution in [-0.4, -0.2) is 24.8 Å². The number of hydrogen-bond donors (Lipinski definition) is 2. The zero-order chi connectivity index (χ0) is 13.1. The third kappa shape index (κ3) is 2.98. The van der Waals surface area contributed by atoms with Crippen LogP contribution < -0.4 is 10.6 Å². The molecule has 1 fully saturated rings. The molecule has 1 unspecified atom stereocenters. The van der Waals surface area contributed by atoms with Gasteiger partial charge < -0.3 is 15.7 Å². The van der Waals surface area contributed by atoms with E-state index in [4.69, 9.17) is 10.8 Å². The van der Waals surface area contributed by atoms with Crippen LogP contribution >= 0.6 is 15.9 Å². The number of nitrogens with zero attached hydrogens (tertiary/aromatic N) is 1. The highest BCUT2D eigenvalue weighted by Crippen LogP contribution is 2.33. The number of rotatable bonds is 3. The average Bonchev–Trinajstić information content (AvgIpc) is 2.34. The van der Waals surface area contributed by atoms with Gasteiger partial charge in [0.15, 0.2) is 0 Å². The van der Waals surface area contributed by atoms with E-state index in [9.17, 15) is 0 Å². The van der Waals surface area contributed by atoms with Crippen molar-refractivity contribution in [3.05, 3.63) is 22.2 Å². The maximum absolute atomic E-state index is 9.07. The maximum Gasteiger partial charge on any atom is 0.0514 e. The second-order valence-corrected chi connectivity index (χ2v) is 5.98. The van der Waals surface area contributed by atoms with Gasteiger partial charge in [-0.15, -0.1) is 0 Å². The fraction of sp³-hybridized carbons (Fsp3) is 0.571. The van der Waals surface area contributed by atoms with Crippen LogP contribution in [0.4, 0.5) is 11.4 Å². The highest BCUT2D eigenvalue weighted by atomic mass is 79.9. The third-order valence-corrected chi connectivity index (χ3v) is 4.37. The van der Waals surface area contributed by atoms with Crippen molar-refractivity contribution < 1.29 is 5.11 Å². The first-order chi connectivity index (χ1) is 8.61. The molecule has 0 aromatic heterocycles. The minimum Gasteiger partial charge on any atom is -0.398 e. The highest BCUT2D eigenvalue weighted by molar-refractivity contribution is 9.10. The molecule has 3 N–H and O–H groups in total. The Balaban J connectivity index is 2.18. The summed E-state index contributed by atoms with van der Waals surface area (Å²) in [7, 11) is 0. The van der Waals surface area contributed by atoms with E-state index in [1.54, 1.807) is 0 Å². The molecule has 1 aliphatic rings. The van der Waals surface area contributed by atoms with E-state index < -0.39 is 0 Å². The Labute approximate surface area is 117 Å². The van der Waals surface area contributed by atoms with E-state index >= 15 is 0 Å². The van der Waals surface area contributed by atoms with Gasteiger partial charge in [-0.3, -0.25) is 0 Å². The number of aryl methyl sites for hydroxylation is 1. The summed E-state index contributed by atoms with van der Waals surface area (Å²) in [6, 6.07) is 4.14. The average molecular weight is 313 g/mol. The molecule has 4 heteroatoms. The van der Waals surface area contributed by atoms with Gasteiger partial charge in [0.25, 0.3) is 0 Å². The Morgan fingerprint density at radius 1 is 1.50 bits per heavy atom. The SMILES string of the molecule is Cc1cc(N2CCCC(CCO)C2)c(Br)cc1N. The van der Waals surface area contributed by atoms with Gasteiger partial charge in [0.2, 0.25) is 0 Å². The fourth-order valence-electron chi connectivity index (χ4n) is 2.63. The number of halogens is 1. The lowest BCUT2D eigenvalue weighted by Gasteiger charge is -2.35. The fourth-order valence-corrected chi connectivity index (χ4v) is 3.24. The molecule has 18 heavy (non-hydrogen) atoms. The lowest BCUT2D eigenvalue weighted by molar-refractivity contribution is 0.244. The van der Waals surface area contributed by atoms with E-state index in [2.05, 4.69) is 26.9 Å². The predicted molar refractivity (Wildman–Crippen MR) is 79.9 cm³/mol. The molecule has 1 saturated heterocycles. The van der Waals surface area contributed by atoms with Crippen LogP contribution in [0.25, 0.3) is 0 Å². The highest BCUT2D eigenvalue weighted by Gasteiger charge is 2.21. The molecule has 3 nitrogen and oxygen atoms in total. The number of piperidine rings is 1. The Morgan fingerprint density at radius 2 is 2.28 bits per heavy atom. The Morgan fingerprint density at radius 3 is 3.00 bits per heavy atom. The van der Waals surface area contributed by atoms with Gasteiger partial charge in [0, 0.05) is 29.9 Å². The number of aliphatic hydroxyl groups excluding tert-OH is 1. The molecule has 0 saturated carbocycles. The van der Waals surface area contributed by atoms with E-state index in [-0.39, 0.29) is 0 Å². The first kappa shape index (κ1) is 13.7. The van der Waals surface area contributed by atoms with Gasteiger partial charge in [0.05, 0.1) is 5.69 Å². The number of nitrogens with two attached hydrogens (primary N) is 1. The van der Waals surface area contributed by atoms with E-state index in [1.807, 2.05) is 13.0 Å². The number of benzene rings is 1. The topological polar surface area (TPSA) is 49.5 Å². The molecule has 1 aromatic carbocycles. The van der Waals surface area contributed by atoms with Crippen molar-refractivity contribution in [1.82, 2.24) is 0 Å². The van der Waals surface area contributed by atoms with Gasteiger partial charge in [0.1, 0.15) is 0 Å². The van der Waals surface area contributed by atoms with Crippen LogP contribution in [0.5, 0.6) is 0 Å². The van der Waals surface area contributed by atoms with Crippen LogP contribution in [0.3, 0.4) is 0 Å². The minimum absolute atomic E-state index is 0.292. The van der Waals surface area contributed by atoms with Gasteiger partial charge in [-0.2, -0.15) is 0 Å². The van der Waals surface area contributed by atoms with Crippen molar-refractivity contribution in [2.24, 2.45) is 5.92 Å². The zero-order valence-electron chi connectivity index (χ0n) is 10.8. The molecular weight excluding hydrogens is 292 g/mol. The molecule has 2 rings (SSSR count). The van der Waals surface area contributed by atoms with Gasteiger partial charge >= 0.3 is 0 Å². The smallest absolute Gasteiger partial charge is 0.0514 e. The third-order valence-electron chi connectivity index (χ3n) is 3.73. The Kier molecular flexibility index (Phi) is 4.51. The molecule has 1 aromatic rings. The first-order valence-electron chi connectivity index (χ1n) is 6.53. The molecule has 1 atom stereocenters. The summed E-state index contributed by atoms with van der Waals surface area (Å²) in [6.45, 7) is 4.45. The molecule has 0 spiro atoms. The summed E-state index contributed by atoms with van der Waals surface area (Å²) in [5.41, 5.74) is 9.09. The molecule has 0 radical (unpaired) electrons. The first-order valence-corrected chi connectivity index (χ1v) is 7.32. The van der Waals surface area contributed by atoms with E-state index in [0.717, 1.165) is 35.2 Å². The van der Waals surface area contributed by atoms with Crippen LogP contribution in [0.1, 0.15) is 24.8 Å². The van der Waals surface area contributed by atoms with Crippen LogP contribution in [0, 0.1) is 12.8 Å². The number of aliphatic hydroxyl groups is 1. The van der Waals surface area contributed by atoms with Crippen molar-refractivity contribution in [3.8, 4) is 0 Å². The quantitative estimate of drug-likeness (QED) is 0.844. The number of hydrogen-bond acceptors (Lipinski definition) is 3. The van der Waals surface area contributed by atoms with Crippen LogP contribution in [-0.2, 0) is 0 Å². The van der Waals surface area contributed by atoms with Gasteiger partial charge in [-0.05, 0) is 65.7 Å². The second-order valence-electron chi connectivity index (χ2n) is 5.13. The summed E-state index contributed by atoms with van der Waals surface area (Å²) in [5, 5.41) is 9.07. The number of nitrogen functional groups attached to an aromatic ring is 1.